The minimum absolute atomic E-state index is 0.0159. The highest BCUT2D eigenvalue weighted by molar-refractivity contribution is 9.10. The molecule has 0 saturated carbocycles. The zero-order valence-corrected chi connectivity index (χ0v) is 19.1. The molecule has 158 valence electrons. The molecule has 2 aromatic carbocycles. The van der Waals surface area contributed by atoms with Crippen LogP contribution in [0.4, 0.5) is 5.69 Å². The van der Waals surface area contributed by atoms with Crippen molar-refractivity contribution in [3.8, 4) is 6.07 Å². The van der Waals surface area contributed by atoms with Gasteiger partial charge in [0.1, 0.15) is 11.5 Å². The zero-order chi connectivity index (χ0) is 22.7. The highest BCUT2D eigenvalue weighted by atomic mass is 79.9. The van der Waals surface area contributed by atoms with Gasteiger partial charge in [-0.2, -0.15) is 5.26 Å². The molecule has 2 aromatic rings. The molecule has 0 saturated heterocycles. The van der Waals surface area contributed by atoms with Crippen molar-refractivity contribution in [2.45, 2.75) is 10.8 Å². The van der Waals surface area contributed by atoms with Gasteiger partial charge in [0.15, 0.2) is 0 Å². The van der Waals surface area contributed by atoms with Gasteiger partial charge in [-0.25, -0.2) is 9.59 Å². The molecule has 1 aliphatic rings. The molecule has 0 radical (unpaired) electrons. The Kier molecular flexibility index (Phi) is 6.73. The summed E-state index contributed by atoms with van der Waals surface area (Å²) in [6.07, 6.45) is 0. The van der Waals surface area contributed by atoms with Crippen molar-refractivity contribution in [3.63, 3.8) is 0 Å². The van der Waals surface area contributed by atoms with Gasteiger partial charge >= 0.3 is 11.9 Å². The van der Waals surface area contributed by atoms with Gasteiger partial charge in [-0.3, -0.25) is 4.90 Å². The molecule has 0 aromatic heterocycles. The number of thiol groups is 1. The fourth-order valence-corrected chi connectivity index (χ4v) is 4.05. The topological polar surface area (TPSA) is 106 Å². The van der Waals surface area contributed by atoms with E-state index in [1.54, 1.807) is 48.5 Å². The molecule has 9 heteroatoms. The molecule has 2 N–H and O–H groups in total. The van der Waals surface area contributed by atoms with Crippen molar-refractivity contribution in [1.82, 2.24) is 0 Å². The quantitative estimate of drug-likeness (QED) is 0.488. The number of rotatable bonds is 4. The minimum atomic E-state index is -0.917. The molecular formula is C22H18BrN3O4S. The third-order valence-electron chi connectivity index (χ3n) is 4.82. The number of anilines is 1. The molecule has 1 unspecified atom stereocenters. The lowest BCUT2D eigenvalue weighted by Crippen LogP contribution is -2.41. The highest BCUT2D eigenvalue weighted by Crippen LogP contribution is 2.45. The first-order chi connectivity index (χ1) is 14.9. The van der Waals surface area contributed by atoms with Crippen LogP contribution in [0, 0.1) is 11.3 Å². The van der Waals surface area contributed by atoms with E-state index in [1.807, 2.05) is 0 Å². The van der Waals surface area contributed by atoms with Crippen LogP contribution >= 0.6 is 28.6 Å². The van der Waals surface area contributed by atoms with E-state index in [0.717, 1.165) is 0 Å². The second kappa shape index (κ2) is 9.29. The summed E-state index contributed by atoms with van der Waals surface area (Å²) in [5, 5.41) is 10.0. The number of methoxy groups -OCH3 is 2. The Hall–Kier alpha value is -3.22. The molecule has 31 heavy (non-hydrogen) atoms. The van der Waals surface area contributed by atoms with Crippen molar-refractivity contribution in [3.05, 3.63) is 81.2 Å². The SMILES string of the molecule is COC(=O)C1=C(C(=O)OC)N(c2cccc(Br)c2S)C(N)=C(C#N)C1c1ccccc1. The van der Waals surface area contributed by atoms with E-state index in [0.29, 0.717) is 20.6 Å². The summed E-state index contributed by atoms with van der Waals surface area (Å²) in [6, 6.07) is 16.1. The average Bonchev–Trinajstić information content (AvgIpc) is 2.79. The van der Waals surface area contributed by atoms with Crippen LogP contribution < -0.4 is 10.6 Å². The summed E-state index contributed by atoms with van der Waals surface area (Å²) in [4.78, 5) is 27.7. The number of carbonyl (C=O) groups excluding carboxylic acids is 2. The van der Waals surface area contributed by atoms with E-state index >= 15 is 0 Å². The maximum Gasteiger partial charge on any atom is 0.355 e. The van der Waals surface area contributed by atoms with Crippen LogP contribution in [-0.2, 0) is 19.1 Å². The third kappa shape index (κ3) is 3.92. The molecule has 3 rings (SSSR count). The second-order valence-corrected chi connectivity index (χ2v) is 7.74. The number of nitrogens with zero attached hydrogens (tertiary/aromatic N) is 2. The lowest BCUT2D eigenvalue weighted by atomic mass is 9.81. The van der Waals surface area contributed by atoms with Gasteiger partial charge in [0, 0.05) is 9.37 Å². The van der Waals surface area contributed by atoms with Gasteiger partial charge in [-0.05, 0) is 33.6 Å². The molecule has 1 heterocycles. The molecule has 0 bridgehead atoms. The molecule has 1 aliphatic heterocycles. The van der Waals surface area contributed by atoms with Crippen LogP contribution in [0.15, 0.2) is 80.6 Å². The number of allylic oxidation sites excluding steroid dienone is 1. The van der Waals surface area contributed by atoms with E-state index in [2.05, 4.69) is 34.6 Å². The Bertz CT molecular complexity index is 1160. The number of carbonyl (C=O) groups is 2. The standard InChI is InChI=1S/C22H18BrN3O4S/c1-29-21(27)17-16(12-7-4-3-5-8-12)13(11-24)20(25)26(18(17)22(28)30-2)15-10-6-9-14(23)19(15)31/h3-10,16,31H,25H2,1-2H3. The van der Waals surface area contributed by atoms with Crippen molar-refractivity contribution < 1.29 is 19.1 Å². The van der Waals surface area contributed by atoms with E-state index in [4.69, 9.17) is 15.2 Å². The summed E-state index contributed by atoms with van der Waals surface area (Å²) in [6.45, 7) is 0. The number of ether oxygens (including phenoxy) is 2. The van der Waals surface area contributed by atoms with Crippen molar-refractivity contribution in [2.75, 3.05) is 19.1 Å². The number of halogens is 1. The Morgan fingerprint density at radius 3 is 2.32 bits per heavy atom. The van der Waals surface area contributed by atoms with Gasteiger partial charge in [0.2, 0.25) is 0 Å². The summed E-state index contributed by atoms with van der Waals surface area (Å²) >= 11 is 7.91. The van der Waals surface area contributed by atoms with E-state index in [-0.39, 0.29) is 22.7 Å². The van der Waals surface area contributed by atoms with Crippen LogP contribution in [0.5, 0.6) is 0 Å². The van der Waals surface area contributed by atoms with E-state index < -0.39 is 17.9 Å². The largest absolute Gasteiger partial charge is 0.466 e. The first kappa shape index (κ1) is 22.5. The predicted octanol–water partition coefficient (Wildman–Crippen LogP) is 3.64. The molecule has 0 amide bonds. The third-order valence-corrected chi connectivity index (χ3v) is 6.25. The summed E-state index contributed by atoms with van der Waals surface area (Å²) < 4.78 is 10.6. The normalized spacial score (nSPS) is 16.1. The summed E-state index contributed by atoms with van der Waals surface area (Å²) in [5.41, 5.74) is 7.31. The first-order valence-electron chi connectivity index (χ1n) is 9.00. The first-order valence-corrected chi connectivity index (χ1v) is 10.2. The Labute approximate surface area is 193 Å². The molecule has 1 atom stereocenters. The van der Waals surface area contributed by atoms with Crippen LogP contribution in [0.25, 0.3) is 0 Å². The highest BCUT2D eigenvalue weighted by Gasteiger charge is 2.43. The Morgan fingerprint density at radius 1 is 1.10 bits per heavy atom. The predicted molar refractivity (Wildman–Crippen MR) is 121 cm³/mol. The summed E-state index contributed by atoms with van der Waals surface area (Å²) in [7, 11) is 2.40. The summed E-state index contributed by atoms with van der Waals surface area (Å²) in [5.74, 6) is -2.53. The molecule has 0 aliphatic carbocycles. The number of nitrogens with two attached hydrogens (primary N) is 1. The second-order valence-electron chi connectivity index (χ2n) is 6.44. The number of hydrogen-bond acceptors (Lipinski definition) is 8. The monoisotopic (exact) mass is 499 g/mol. The molecular weight excluding hydrogens is 482 g/mol. The van der Waals surface area contributed by atoms with Crippen molar-refractivity contribution in [2.24, 2.45) is 5.73 Å². The molecule has 7 nitrogen and oxygen atoms in total. The van der Waals surface area contributed by atoms with Gasteiger partial charge in [0.05, 0.1) is 43.0 Å². The smallest absolute Gasteiger partial charge is 0.355 e. The average molecular weight is 500 g/mol. The van der Waals surface area contributed by atoms with Gasteiger partial charge in [-0.1, -0.05) is 36.4 Å². The minimum Gasteiger partial charge on any atom is -0.466 e. The Morgan fingerprint density at radius 2 is 1.74 bits per heavy atom. The van der Waals surface area contributed by atoms with Crippen LogP contribution in [0.3, 0.4) is 0 Å². The molecule has 0 spiro atoms. The Balaban J connectivity index is 2.45. The zero-order valence-electron chi connectivity index (χ0n) is 16.6. The van der Waals surface area contributed by atoms with Crippen molar-refractivity contribution >= 4 is 46.2 Å². The fraction of sp³-hybridized carbons (Fsp3) is 0.136. The van der Waals surface area contributed by atoms with Crippen molar-refractivity contribution in [1.29, 1.82) is 5.26 Å². The lowest BCUT2D eigenvalue weighted by Gasteiger charge is -2.36. The van der Waals surface area contributed by atoms with Gasteiger partial charge < -0.3 is 15.2 Å². The van der Waals surface area contributed by atoms with Gasteiger partial charge in [-0.15, -0.1) is 12.6 Å². The van der Waals surface area contributed by atoms with Crippen LogP contribution in [-0.4, -0.2) is 26.2 Å². The lowest BCUT2D eigenvalue weighted by molar-refractivity contribution is -0.139. The van der Waals surface area contributed by atoms with Crippen LogP contribution in [0.2, 0.25) is 0 Å². The maximum absolute atomic E-state index is 13.0. The van der Waals surface area contributed by atoms with Crippen LogP contribution in [0.1, 0.15) is 11.5 Å². The fourth-order valence-electron chi connectivity index (χ4n) is 3.45. The maximum atomic E-state index is 13.0. The number of nitriles is 1. The molecule has 0 fully saturated rings. The number of esters is 2. The van der Waals surface area contributed by atoms with E-state index in [1.165, 1.54) is 19.1 Å². The number of hydrogen-bond donors (Lipinski definition) is 2. The number of benzene rings is 2. The van der Waals surface area contributed by atoms with E-state index in [9.17, 15) is 14.9 Å². The van der Waals surface area contributed by atoms with Gasteiger partial charge in [0.25, 0.3) is 0 Å².